The molecule has 0 aromatic heterocycles. The topological polar surface area (TPSA) is 64.1 Å². The molecule has 0 radical (unpaired) electrons. The second-order valence-corrected chi connectivity index (χ2v) is 4.16. The maximum Gasteiger partial charge on any atom is -0.00489 e. The summed E-state index contributed by atoms with van der Waals surface area (Å²) in [5.74, 6) is 0. The van der Waals surface area contributed by atoms with E-state index < -0.39 is 0 Å². The predicted molar refractivity (Wildman–Crippen MR) is 98.9 cm³/mol. The highest BCUT2D eigenvalue weighted by molar-refractivity contribution is 8.93. The summed E-state index contributed by atoms with van der Waals surface area (Å²) in [6.45, 7) is 4.02. The molecule has 0 aliphatic rings. The number of rotatable bonds is 12. The second-order valence-electron chi connectivity index (χ2n) is 4.16. The fourth-order valence-electron chi connectivity index (χ4n) is 1.62. The van der Waals surface area contributed by atoms with Gasteiger partial charge in [0.25, 0.3) is 0 Å². The van der Waals surface area contributed by atoms with Gasteiger partial charge >= 0.3 is 0 Å². The van der Waals surface area contributed by atoms with Gasteiger partial charge in [0.15, 0.2) is 0 Å². The van der Waals surface area contributed by atoms with Gasteiger partial charge in [0, 0.05) is 0 Å². The van der Waals surface area contributed by atoms with E-state index in [1.807, 2.05) is 0 Å². The Morgan fingerprint density at radius 1 is 0.500 bits per heavy atom. The summed E-state index contributed by atoms with van der Waals surface area (Å²) in [6, 6.07) is 0. The molecule has 0 unspecified atom stereocenters. The van der Waals surface area contributed by atoms with E-state index in [0.29, 0.717) is 0 Å². The van der Waals surface area contributed by atoms with Crippen molar-refractivity contribution in [3.05, 3.63) is 0 Å². The zero-order valence-corrected chi connectivity index (χ0v) is 16.5. The first-order valence-electron chi connectivity index (χ1n) is 6.52. The van der Waals surface area contributed by atoms with Crippen LogP contribution in [0, 0.1) is 0 Å². The lowest BCUT2D eigenvalue weighted by Gasteiger charge is -2.04. The van der Waals surface area contributed by atoms with Gasteiger partial charge in [0.05, 0.1) is 0 Å². The maximum atomic E-state index is 5.42. The minimum Gasteiger partial charge on any atom is -0.330 e. The van der Waals surface area contributed by atoms with Gasteiger partial charge in [-0.1, -0.05) is 25.7 Å². The zero-order chi connectivity index (χ0) is 11.2. The smallest absolute Gasteiger partial charge is 0.00489 e. The number of hydrogen-bond donors (Lipinski definition) is 3. The van der Waals surface area contributed by atoms with E-state index in [4.69, 9.17) is 11.5 Å². The molecule has 0 fully saturated rings. The molecule has 0 aliphatic carbocycles. The number of unbranched alkanes of at least 4 members (excludes halogenated alkanes) is 6. The monoisotopic (exact) mass is 455 g/mol. The summed E-state index contributed by atoms with van der Waals surface area (Å²) < 4.78 is 0. The fraction of sp³-hybridized carbons (Fsp3) is 1.00. The van der Waals surface area contributed by atoms with Gasteiger partial charge in [-0.2, -0.15) is 0 Å². The van der Waals surface area contributed by atoms with Gasteiger partial charge in [0.2, 0.25) is 0 Å². The van der Waals surface area contributed by atoms with Crippen molar-refractivity contribution >= 4 is 50.9 Å². The van der Waals surface area contributed by atoms with Gasteiger partial charge < -0.3 is 16.8 Å². The van der Waals surface area contributed by atoms with Crippen molar-refractivity contribution in [1.29, 1.82) is 0 Å². The van der Waals surface area contributed by atoms with Crippen LogP contribution in [0.5, 0.6) is 0 Å². The van der Waals surface area contributed by atoms with E-state index >= 15 is 0 Å². The van der Waals surface area contributed by atoms with Gasteiger partial charge in [-0.25, -0.2) is 0 Å². The third kappa shape index (κ3) is 26.0. The second kappa shape index (κ2) is 26.8. The SMILES string of the molecule is Br.Br.Br.NCCCCCCNCCCCCCN. The maximum absolute atomic E-state index is 5.42. The number of hydrogen-bond acceptors (Lipinski definition) is 3. The lowest BCUT2D eigenvalue weighted by Crippen LogP contribution is -2.16. The average Bonchev–Trinajstić information content (AvgIpc) is 2.26. The van der Waals surface area contributed by atoms with Crippen molar-refractivity contribution in [1.82, 2.24) is 5.32 Å². The summed E-state index contributed by atoms with van der Waals surface area (Å²) >= 11 is 0. The van der Waals surface area contributed by atoms with Gasteiger partial charge in [-0.05, 0) is 51.9 Å². The van der Waals surface area contributed by atoms with Crippen LogP contribution in [-0.4, -0.2) is 26.2 Å². The minimum atomic E-state index is 0. The Bertz CT molecular complexity index is 107. The summed E-state index contributed by atoms with van der Waals surface area (Å²) in [6.07, 6.45) is 10.2. The van der Waals surface area contributed by atoms with Crippen LogP contribution in [-0.2, 0) is 0 Å². The lowest BCUT2D eigenvalue weighted by molar-refractivity contribution is 0.558. The van der Waals surface area contributed by atoms with Crippen LogP contribution < -0.4 is 16.8 Å². The van der Waals surface area contributed by atoms with Crippen molar-refractivity contribution in [2.75, 3.05) is 26.2 Å². The summed E-state index contributed by atoms with van der Waals surface area (Å²) in [4.78, 5) is 0. The first kappa shape index (κ1) is 27.6. The van der Waals surface area contributed by atoms with Crippen LogP contribution in [0.4, 0.5) is 0 Å². The Balaban J connectivity index is -0.000000327. The van der Waals surface area contributed by atoms with Crippen molar-refractivity contribution in [2.45, 2.75) is 51.4 Å². The molecule has 6 heteroatoms. The van der Waals surface area contributed by atoms with Crippen LogP contribution in [0.2, 0.25) is 0 Å². The van der Waals surface area contributed by atoms with Gasteiger partial charge in [-0.3, -0.25) is 0 Å². The molecule has 0 aromatic rings. The molecule has 0 spiro atoms. The summed E-state index contributed by atoms with van der Waals surface area (Å²) in [5.41, 5.74) is 10.8. The van der Waals surface area contributed by atoms with E-state index in [0.717, 1.165) is 13.1 Å². The number of nitrogens with one attached hydrogen (secondary N) is 1. The minimum absolute atomic E-state index is 0. The largest absolute Gasteiger partial charge is 0.330 e. The molecule has 0 aromatic carbocycles. The molecule has 0 bridgehead atoms. The lowest BCUT2D eigenvalue weighted by atomic mass is 10.2. The highest BCUT2D eigenvalue weighted by Gasteiger charge is 1.91. The molecule has 0 saturated carbocycles. The highest BCUT2D eigenvalue weighted by Crippen LogP contribution is 1.98. The molecule has 3 nitrogen and oxygen atoms in total. The summed E-state index contributed by atoms with van der Waals surface area (Å²) in [5, 5.41) is 3.48. The first-order valence-corrected chi connectivity index (χ1v) is 6.52. The molecular formula is C12H32Br3N3. The Labute approximate surface area is 145 Å². The quantitative estimate of drug-likeness (QED) is 0.394. The van der Waals surface area contributed by atoms with Crippen molar-refractivity contribution < 1.29 is 0 Å². The van der Waals surface area contributed by atoms with E-state index in [-0.39, 0.29) is 50.9 Å². The third-order valence-electron chi connectivity index (χ3n) is 2.62. The van der Waals surface area contributed by atoms with Gasteiger partial charge in [-0.15, -0.1) is 50.9 Å². The van der Waals surface area contributed by atoms with E-state index in [9.17, 15) is 0 Å². The molecule has 0 aliphatic heterocycles. The third-order valence-corrected chi connectivity index (χ3v) is 2.62. The van der Waals surface area contributed by atoms with Crippen LogP contribution in [0.3, 0.4) is 0 Å². The molecule has 0 atom stereocenters. The standard InChI is InChI=1S/C12H29N3.3BrH/c13-9-5-1-3-7-11-15-12-8-4-2-6-10-14;;;/h15H,1-14H2;3*1H. The zero-order valence-electron chi connectivity index (χ0n) is 11.4. The Morgan fingerprint density at radius 3 is 1.17 bits per heavy atom. The highest BCUT2D eigenvalue weighted by atomic mass is 79.9. The van der Waals surface area contributed by atoms with Crippen LogP contribution in [0.1, 0.15) is 51.4 Å². The van der Waals surface area contributed by atoms with Crippen LogP contribution in [0.25, 0.3) is 0 Å². The molecular weight excluding hydrogens is 426 g/mol. The molecule has 0 rings (SSSR count). The predicted octanol–water partition coefficient (Wildman–Crippen LogP) is 3.35. The Hall–Kier alpha value is 1.32. The Kier molecular flexibility index (Phi) is 41.1. The Morgan fingerprint density at radius 2 is 0.833 bits per heavy atom. The molecule has 0 heterocycles. The van der Waals surface area contributed by atoms with E-state index in [1.54, 1.807) is 0 Å². The fourth-order valence-corrected chi connectivity index (χ4v) is 1.62. The van der Waals surface area contributed by atoms with Crippen LogP contribution in [0.15, 0.2) is 0 Å². The van der Waals surface area contributed by atoms with Crippen molar-refractivity contribution in [3.63, 3.8) is 0 Å². The molecule has 18 heavy (non-hydrogen) atoms. The van der Waals surface area contributed by atoms with Crippen molar-refractivity contribution in [2.24, 2.45) is 11.5 Å². The first-order chi connectivity index (χ1) is 7.41. The average molecular weight is 458 g/mol. The molecule has 5 N–H and O–H groups in total. The van der Waals surface area contributed by atoms with Crippen LogP contribution >= 0.6 is 50.9 Å². The molecule has 0 amide bonds. The summed E-state index contributed by atoms with van der Waals surface area (Å²) in [7, 11) is 0. The molecule has 0 saturated heterocycles. The van der Waals surface area contributed by atoms with E-state index in [1.165, 1.54) is 64.5 Å². The van der Waals surface area contributed by atoms with Gasteiger partial charge in [0.1, 0.15) is 0 Å². The number of halogens is 3. The van der Waals surface area contributed by atoms with Crippen molar-refractivity contribution in [3.8, 4) is 0 Å². The number of nitrogens with two attached hydrogens (primary N) is 2. The molecule has 116 valence electrons. The normalized spacial score (nSPS) is 9.00. The van der Waals surface area contributed by atoms with E-state index in [2.05, 4.69) is 5.32 Å².